The molecule has 2 unspecified atom stereocenters. The predicted molar refractivity (Wildman–Crippen MR) is 147 cm³/mol. The summed E-state index contributed by atoms with van der Waals surface area (Å²) in [7, 11) is 0. The van der Waals surface area contributed by atoms with Crippen LogP contribution in [0.1, 0.15) is 63.5 Å². The van der Waals surface area contributed by atoms with Gasteiger partial charge in [0.05, 0.1) is 11.9 Å². The maximum atomic E-state index is 10.7. The first-order chi connectivity index (χ1) is 19.3. The molecule has 0 amide bonds. The van der Waals surface area contributed by atoms with Crippen LogP contribution in [0.25, 0.3) is 0 Å². The molecule has 0 fully saturated rings. The van der Waals surface area contributed by atoms with Gasteiger partial charge in [0.25, 0.3) is 0 Å². The Bertz CT molecular complexity index is 964. The summed E-state index contributed by atoms with van der Waals surface area (Å²) in [5.41, 5.74) is -3.84. The van der Waals surface area contributed by atoms with Crippen LogP contribution >= 0.6 is 0 Å². The fraction of sp³-hybridized carbons (Fsp3) is 0.467. The first kappa shape index (κ1) is 38.0. The standard InChI is InChI=1S/2C11H12O5.2C4H9.Sn.2H/c2*12-9(13)7-11(16,10(14)15)6-8-4-2-1-3-5-8;2*1-3-4-2;;;/h2*1-5,16H,6-7H2,(H,12,13)(H,14,15);2*1,3-4H2,2H3;;;/q;;;;+4;;/p-4. The average molecular weight is 679 g/mol. The van der Waals surface area contributed by atoms with Crippen molar-refractivity contribution in [3.63, 3.8) is 0 Å². The monoisotopic (exact) mass is 680 g/mol. The topological polar surface area (TPSA) is 201 Å². The maximum absolute atomic E-state index is 10.7. The van der Waals surface area contributed by atoms with Crippen molar-refractivity contribution in [3.05, 3.63) is 71.8 Å². The summed E-state index contributed by atoms with van der Waals surface area (Å²) in [6.07, 6.45) is 3.24. The molecule has 2 aromatic carbocycles. The summed E-state index contributed by atoms with van der Waals surface area (Å²) in [4.78, 5) is 42.1. The van der Waals surface area contributed by atoms with Gasteiger partial charge in [-0.15, -0.1) is 0 Å². The molecule has 0 heterocycles. The van der Waals surface area contributed by atoms with Crippen LogP contribution in [0.15, 0.2) is 60.7 Å². The summed E-state index contributed by atoms with van der Waals surface area (Å²) in [6.45, 7) is 4.59. The Kier molecular flexibility index (Phi) is 19.3. The van der Waals surface area contributed by atoms with Crippen molar-refractivity contribution in [2.24, 2.45) is 0 Å². The Balaban J connectivity index is 0.000000612. The van der Waals surface area contributed by atoms with Crippen LogP contribution in [0.2, 0.25) is 8.87 Å². The van der Waals surface area contributed by atoms with Crippen LogP contribution in [-0.2, 0) is 32.0 Å². The molecule has 0 spiro atoms. The molecule has 2 rings (SSSR count). The Hall–Kier alpha value is -2.96. The van der Waals surface area contributed by atoms with Crippen LogP contribution in [0.5, 0.6) is 0 Å². The molecule has 10 nitrogen and oxygen atoms in total. The summed E-state index contributed by atoms with van der Waals surface area (Å²) in [5.74, 6) is -6.91. The van der Waals surface area contributed by atoms with Crippen LogP contribution in [-0.4, -0.2) is 66.4 Å². The van der Waals surface area contributed by atoms with E-state index in [1.165, 1.54) is 25.7 Å². The summed E-state index contributed by atoms with van der Waals surface area (Å²) in [6, 6.07) is 16.4. The van der Waals surface area contributed by atoms with E-state index >= 15 is 0 Å². The first-order valence-corrected chi connectivity index (χ1v) is 19.4. The number of aliphatic carboxylic acids is 4. The molecule has 0 aliphatic heterocycles. The van der Waals surface area contributed by atoms with Gasteiger partial charge in [0.1, 0.15) is 11.2 Å². The Morgan fingerprint density at radius 2 is 0.951 bits per heavy atom. The number of hydrogen-bond acceptors (Lipinski definition) is 10. The van der Waals surface area contributed by atoms with Crippen LogP contribution in [0, 0.1) is 0 Å². The number of carbonyl (C=O) groups is 4. The van der Waals surface area contributed by atoms with E-state index in [0.29, 0.717) is 11.1 Å². The molecule has 11 heteroatoms. The van der Waals surface area contributed by atoms with E-state index in [1.807, 2.05) is 0 Å². The van der Waals surface area contributed by atoms with Crippen molar-refractivity contribution in [3.8, 4) is 0 Å². The van der Waals surface area contributed by atoms with Gasteiger partial charge in [-0.25, -0.2) is 0 Å². The molecule has 0 bridgehead atoms. The molecule has 0 aromatic heterocycles. The second-order valence-corrected chi connectivity index (χ2v) is 15.9. The van der Waals surface area contributed by atoms with E-state index in [-0.39, 0.29) is 34.0 Å². The minimum Gasteiger partial charge on any atom is -0.550 e. The molecule has 224 valence electrons. The molecule has 0 saturated carbocycles. The fourth-order valence-electron chi connectivity index (χ4n) is 3.79. The van der Waals surface area contributed by atoms with Gasteiger partial charge in [-0.1, -0.05) is 60.7 Å². The summed E-state index contributed by atoms with van der Waals surface area (Å²) in [5, 5.41) is 61.4. The van der Waals surface area contributed by atoms with Crippen molar-refractivity contribution in [1.29, 1.82) is 0 Å². The summed E-state index contributed by atoms with van der Waals surface area (Å²) >= 11 is -0.159. The van der Waals surface area contributed by atoms with Gasteiger partial charge in [0.2, 0.25) is 0 Å². The van der Waals surface area contributed by atoms with Gasteiger partial charge in [0, 0.05) is 37.6 Å². The molecular formula is C30H40O10Sn. The molecule has 4 radical (unpaired) electrons. The Morgan fingerprint density at radius 1 is 0.634 bits per heavy atom. The van der Waals surface area contributed by atoms with Crippen molar-refractivity contribution in [2.45, 2.75) is 85.3 Å². The normalized spacial score (nSPS) is 13.2. The molecule has 0 saturated heterocycles. The van der Waals surface area contributed by atoms with Crippen molar-refractivity contribution in [2.75, 3.05) is 0 Å². The SMILES string of the molecule is CCC[CH2][SnH2+4][CH2]CCC.O=C([O-])CC(O)(Cc1ccccc1)C(=O)[O-].O=C([O-])CC(O)(Cc1ccccc1)C(=O)[O-]. The van der Waals surface area contributed by atoms with Crippen LogP contribution in [0.4, 0.5) is 0 Å². The molecule has 0 aliphatic carbocycles. The number of hydrogen-bond donors (Lipinski definition) is 2. The predicted octanol–water partition coefficient (Wildman–Crippen LogP) is -1.71. The molecule has 0 aliphatic rings. The van der Waals surface area contributed by atoms with E-state index in [9.17, 15) is 49.8 Å². The van der Waals surface area contributed by atoms with Crippen molar-refractivity contribution < 1.29 is 49.8 Å². The number of benzene rings is 2. The molecule has 41 heavy (non-hydrogen) atoms. The van der Waals surface area contributed by atoms with Crippen LogP contribution < -0.4 is 20.4 Å². The van der Waals surface area contributed by atoms with Gasteiger partial charge in [0.15, 0.2) is 0 Å². The van der Waals surface area contributed by atoms with E-state index in [2.05, 4.69) is 13.8 Å². The van der Waals surface area contributed by atoms with Gasteiger partial charge >= 0.3 is 69.5 Å². The second kappa shape index (κ2) is 20.8. The summed E-state index contributed by atoms with van der Waals surface area (Å²) < 4.78 is 3.33. The number of carboxylic acid groups (broad SMARTS) is 4. The maximum Gasteiger partial charge on any atom is 0.113 e. The number of aliphatic hydroxyl groups is 2. The second-order valence-electron chi connectivity index (χ2n) is 9.83. The van der Waals surface area contributed by atoms with Gasteiger partial charge < -0.3 is 49.8 Å². The molecular weight excluding hydrogens is 639 g/mol. The number of rotatable bonds is 16. The Labute approximate surface area is 251 Å². The van der Waals surface area contributed by atoms with Gasteiger partial charge in [-0.3, -0.25) is 0 Å². The number of unbranched alkanes of at least 4 members (excludes halogenated alkanes) is 2. The number of carbonyl (C=O) groups excluding carboxylic acids is 4. The van der Waals surface area contributed by atoms with Gasteiger partial charge in [-0.05, 0) is 11.1 Å². The Morgan fingerprint density at radius 3 is 1.20 bits per heavy atom. The third kappa shape index (κ3) is 17.5. The fourth-order valence-corrected chi connectivity index (χ4v) is 9.67. The van der Waals surface area contributed by atoms with Gasteiger partial charge in [-0.2, -0.15) is 0 Å². The molecule has 2 atom stereocenters. The third-order valence-electron chi connectivity index (χ3n) is 6.02. The van der Waals surface area contributed by atoms with E-state index in [1.54, 1.807) is 69.5 Å². The van der Waals surface area contributed by atoms with E-state index in [4.69, 9.17) is 0 Å². The molecule has 2 aromatic rings. The zero-order valence-corrected chi connectivity index (χ0v) is 27.7. The van der Waals surface area contributed by atoms with Crippen LogP contribution in [0.3, 0.4) is 0 Å². The van der Waals surface area contributed by atoms with E-state index in [0.717, 1.165) is 0 Å². The number of carboxylic acids is 4. The minimum atomic E-state index is -2.43. The first-order valence-electron chi connectivity index (χ1n) is 13.6. The van der Waals surface area contributed by atoms with E-state index < -0.39 is 47.9 Å². The average Bonchev–Trinajstić information content (AvgIpc) is 2.89. The third-order valence-corrected chi connectivity index (χ3v) is 11.7. The zero-order valence-electron chi connectivity index (χ0n) is 23.7. The molecule has 2 N–H and O–H groups in total. The minimum absolute atomic E-state index is 0.159. The smallest absolute Gasteiger partial charge is 0.113 e. The van der Waals surface area contributed by atoms with Crippen molar-refractivity contribution >= 4 is 45.0 Å². The van der Waals surface area contributed by atoms with Crippen molar-refractivity contribution in [1.82, 2.24) is 0 Å². The quantitative estimate of drug-likeness (QED) is 0.152. The zero-order chi connectivity index (χ0) is 31.3. The largest absolute Gasteiger partial charge is 0.550 e.